The van der Waals surface area contributed by atoms with E-state index >= 15 is 0 Å². The summed E-state index contributed by atoms with van der Waals surface area (Å²) in [6.07, 6.45) is 1.15. The minimum Gasteiger partial charge on any atom is -0.508 e. The van der Waals surface area contributed by atoms with Gasteiger partial charge >= 0.3 is 6.09 Å². The van der Waals surface area contributed by atoms with E-state index in [-0.39, 0.29) is 30.2 Å². The Morgan fingerprint density at radius 1 is 1.11 bits per heavy atom. The van der Waals surface area contributed by atoms with E-state index in [1.165, 1.54) is 11.0 Å². The highest BCUT2D eigenvalue weighted by Gasteiger charge is 2.43. The number of phenols is 1. The molecule has 0 saturated heterocycles. The summed E-state index contributed by atoms with van der Waals surface area (Å²) in [5, 5.41) is 16.1. The van der Waals surface area contributed by atoms with Gasteiger partial charge < -0.3 is 31.1 Å². The summed E-state index contributed by atoms with van der Waals surface area (Å²) in [6, 6.07) is 3.76. The number of hydrogen-bond acceptors (Lipinski definition) is 6. The molecule has 0 spiro atoms. The molecule has 1 aliphatic carbocycles. The molecule has 2 atom stereocenters. The Bertz CT molecular complexity index is 962. The predicted molar refractivity (Wildman–Crippen MR) is 135 cm³/mol. The largest absolute Gasteiger partial charge is 0.508 e. The first-order valence-electron chi connectivity index (χ1n) is 12.3. The maximum Gasteiger partial charge on any atom is 0.408 e. The van der Waals surface area contributed by atoms with Crippen LogP contribution in [0.25, 0.3) is 0 Å². The number of nitrogens with one attached hydrogen (secondary N) is 2. The van der Waals surface area contributed by atoms with E-state index in [0.29, 0.717) is 12.8 Å². The van der Waals surface area contributed by atoms with Gasteiger partial charge in [0.2, 0.25) is 17.7 Å². The molecule has 0 bridgehead atoms. The van der Waals surface area contributed by atoms with E-state index in [0.717, 1.165) is 6.42 Å². The zero-order valence-electron chi connectivity index (χ0n) is 22.1. The van der Waals surface area contributed by atoms with Crippen molar-refractivity contribution in [3.63, 3.8) is 0 Å². The van der Waals surface area contributed by atoms with Crippen molar-refractivity contribution >= 4 is 23.8 Å². The van der Waals surface area contributed by atoms with Crippen LogP contribution in [0.1, 0.15) is 85.3 Å². The number of aromatic hydroxyl groups is 1. The van der Waals surface area contributed by atoms with Crippen molar-refractivity contribution in [3.8, 4) is 5.75 Å². The van der Waals surface area contributed by atoms with E-state index in [2.05, 4.69) is 10.6 Å². The SMILES string of the molecule is CC(C)(C)NC(=O)C(c1ccccc1O)N(C(=O)C(CCC(N)=O)NC(=O)OC(C)(C)C)C1CCC1. The zero-order valence-corrected chi connectivity index (χ0v) is 22.1. The zero-order chi connectivity index (χ0) is 27.3. The van der Waals surface area contributed by atoms with Crippen LogP contribution < -0.4 is 16.4 Å². The van der Waals surface area contributed by atoms with Gasteiger partial charge in [-0.1, -0.05) is 18.2 Å². The molecule has 5 N–H and O–H groups in total. The standard InChI is InChI=1S/C26H40N4O6/c1-25(2,3)29-22(33)21(17-12-7-8-13-19(17)31)30(16-10-9-11-16)23(34)18(14-15-20(27)32)28-24(35)36-26(4,5)6/h7-8,12-13,16,18,21,31H,9-11,14-15H2,1-6H3,(H2,27,32)(H,28,35)(H,29,33). The van der Waals surface area contributed by atoms with Crippen LogP contribution in [-0.4, -0.2) is 57.0 Å². The fourth-order valence-electron chi connectivity index (χ4n) is 3.93. The molecule has 0 aliphatic heterocycles. The van der Waals surface area contributed by atoms with Crippen LogP contribution in [0.2, 0.25) is 0 Å². The minimum absolute atomic E-state index is 0.0645. The van der Waals surface area contributed by atoms with E-state index in [4.69, 9.17) is 10.5 Å². The molecule has 36 heavy (non-hydrogen) atoms. The first-order chi connectivity index (χ1) is 16.6. The molecule has 1 aromatic carbocycles. The summed E-state index contributed by atoms with van der Waals surface area (Å²) >= 11 is 0. The molecule has 10 heteroatoms. The fraction of sp³-hybridized carbons (Fsp3) is 0.615. The Morgan fingerprint density at radius 2 is 1.72 bits per heavy atom. The van der Waals surface area contributed by atoms with Crippen LogP contribution in [0.3, 0.4) is 0 Å². The number of primary amides is 1. The number of nitrogens with zero attached hydrogens (tertiary/aromatic N) is 1. The first kappa shape index (κ1) is 28.9. The molecule has 2 rings (SSSR count). The number of phenolic OH excluding ortho intramolecular Hbond substituents is 1. The molecular formula is C26H40N4O6. The molecule has 0 aromatic heterocycles. The van der Waals surface area contributed by atoms with Crippen molar-refractivity contribution in [2.24, 2.45) is 5.73 Å². The van der Waals surface area contributed by atoms with Gasteiger partial charge in [-0.25, -0.2) is 4.79 Å². The van der Waals surface area contributed by atoms with Crippen molar-refractivity contribution in [2.75, 3.05) is 0 Å². The molecule has 0 heterocycles. The molecule has 10 nitrogen and oxygen atoms in total. The minimum atomic E-state index is -1.16. The molecule has 1 aromatic rings. The Morgan fingerprint density at radius 3 is 2.19 bits per heavy atom. The number of nitrogens with two attached hydrogens (primary N) is 1. The van der Waals surface area contributed by atoms with Crippen molar-refractivity contribution in [2.45, 2.75) is 103 Å². The topological polar surface area (TPSA) is 151 Å². The summed E-state index contributed by atoms with van der Waals surface area (Å²) in [6.45, 7) is 10.5. The van der Waals surface area contributed by atoms with Gasteiger partial charge in [0.25, 0.3) is 0 Å². The summed E-state index contributed by atoms with van der Waals surface area (Å²) in [5.41, 5.74) is 4.19. The number of benzene rings is 1. The van der Waals surface area contributed by atoms with Crippen LogP contribution in [0.5, 0.6) is 5.75 Å². The average molecular weight is 505 g/mol. The van der Waals surface area contributed by atoms with Crippen LogP contribution in [0.15, 0.2) is 24.3 Å². The van der Waals surface area contributed by atoms with Gasteiger partial charge in [-0.15, -0.1) is 0 Å². The molecule has 1 saturated carbocycles. The van der Waals surface area contributed by atoms with Crippen LogP contribution in [0.4, 0.5) is 4.79 Å². The predicted octanol–water partition coefficient (Wildman–Crippen LogP) is 2.89. The maximum atomic E-state index is 14.0. The first-order valence-corrected chi connectivity index (χ1v) is 12.3. The fourth-order valence-corrected chi connectivity index (χ4v) is 3.93. The van der Waals surface area contributed by atoms with Gasteiger partial charge in [-0.2, -0.15) is 0 Å². The molecule has 1 fully saturated rings. The number of alkyl carbamates (subject to hydrolysis) is 1. The summed E-state index contributed by atoms with van der Waals surface area (Å²) in [5.74, 6) is -1.77. The average Bonchev–Trinajstić information content (AvgIpc) is 2.67. The quantitative estimate of drug-likeness (QED) is 0.406. The number of para-hydroxylation sites is 1. The number of amides is 4. The van der Waals surface area contributed by atoms with Crippen LogP contribution in [-0.2, 0) is 19.1 Å². The van der Waals surface area contributed by atoms with Gasteiger partial charge in [0.1, 0.15) is 23.4 Å². The lowest BCUT2D eigenvalue weighted by Crippen LogP contribution is -2.58. The van der Waals surface area contributed by atoms with Crippen molar-refractivity contribution < 1.29 is 29.0 Å². The van der Waals surface area contributed by atoms with E-state index < -0.39 is 47.0 Å². The van der Waals surface area contributed by atoms with Gasteiger partial charge in [0.05, 0.1) is 0 Å². The monoisotopic (exact) mass is 504 g/mol. The molecular weight excluding hydrogens is 464 g/mol. The van der Waals surface area contributed by atoms with Gasteiger partial charge in [-0.3, -0.25) is 14.4 Å². The summed E-state index contributed by atoms with van der Waals surface area (Å²) < 4.78 is 5.33. The second-order valence-electron chi connectivity index (χ2n) is 11.2. The highest BCUT2D eigenvalue weighted by molar-refractivity contribution is 5.93. The Labute approximate surface area is 212 Å². The molecule has 4 amide bonds. The van der Waals surface area contributed by atoms with Crippen LogP contribution >= 0.6 is 0 Å². The lowest BCUT2D eigenvalue weighted by molar-refractivity contribution is -0.148. The number of ether oxygens (including phenoxy) is 1. The summed E-state index contributed by atoms with van der Waals surface area (Å²) in [4.78, 5) is 53.2. The molecule has 200 valence electrons. The number of carbonyl (C=O) groups is 4. The van der Waals surface area contributed by atoms with Gasteiger partial charge in [0.15, 0.2) is 0 Å². The Kier molecular flexibility index (Phi) is 9.34. The second-order valence-corrected chi connectivity index (χ2v) is 11.2. The highest BCUT2D eigenvalue weighted by Crippen LogP contribution is 2.37. The van der Waals surface area contributed by atoms with Gasteiger partial charge in [0, 0.05) is 23.6 Å². The third-order valence-corrected chi connectivity index (χ3v) is 5.65. The smallest absolute Gasteiger partial charge is 0.408 e. The van der Waals surface area contributed by atoms with Gasteiger partial charge in [-0.05, 0) is 73.3 Å². The number of carbonyl (C=O) groups excluding carboxylic acids is 4. The number of rotatable bonds is 9. The van der Waals surface area contributed by atoms with Crippen molar-refractivity contribution in [1.82, 2.24) is 15.5 Å². The van der Waals surface area contributed by atoms with E-state index in [1.54, 1.807) is 39.0 Å². The van der Waals surface area contributed by atoms with Crippen LogP contribution in [0, 0.1) is 0 Å². The lowest BCUT2D eigenvalue weighted by Gasteiger charge is -2.44. The van der Waals surface area contributed by atoms with Crippen molar-refractivity contribution in [1.29, 1.82) is 0 Å². The Hall–Kier alpha value is -3.30. The third-order valence-electron chi connectivity index (χ3n) is 5.65. The highest BCUT2D eigenvalue weighted by atomic mass is 16.6. The third kappa shape index (κ3) is 8.42. The number of hydrogen-bond donors (Lipinski definition) is 4. The maximum absolute atomic E-state index is 14.0. The van der Waals surface area contributed by atoms with E-state index in [9.17, 15) is 24.3 Å². The lowest BCUT2D eigenvalue weighted by atomic mass is 9.87. The normalized spacial score (nSPS) is 15.7. The Balaban J connectivity index is 2.52. The van der Waals surface area contributed by atoms with Crippen molar-refractivity contribution in [3.05, 3.63) is 29.8 Å². The summed E-state index contributed by atoms with van der Waals surface area (Å²) in [7, 11) is 0. The van der Waals surface area contributed by atoms with E-state index in [1.807, 2.05) is 20.8 Å². The molecule has 0 radical (unpaired) electrons. The second kappa shape index (κ2) is 11.6. The molecule has 2 unspecified atom stereocenters. The molecule has 1 aliphatic rings.